The molecule has 3 rings (SSSR count). The zero-order chi connectivity index (χ0) is 19.9. The Labute approximate surface area is 164 Å². The van der Waals surface area contributed by atoms with Crippen molar-refractivity contribution in [1.82, 2.24) is 20.5 Å². The highest BCUT2D eigenvalue weighted by Gasteiger charge is 2.18. The van der Waals surface area contributed by atoms with Crippen LogP contribution in [0.5, 0.6) is 5.75 Å². The Kier molecular flexibility index (Phi) is 6.79. The van der Waals surface area contributed by atoms with Crippen LogP contribution in [-0.4, -0.2) is 33.7 Å². The van der Waals surface area contributed by atoms with Crippen molar-refractivity contribution >= 4 is 5.91 Å². The number of aryl methyl sites for hydroxylation is 1. The molecule has 1 aliphatic rings. The summed E-state index contributed by atoms with van der Waals surface area (Å²) < 4.78 is 5.79. The highest BCUT2D eigenvalue weighted by Crippen LogP contribution is 2.27. The molecule has 1 saturated carbocycles. The molecule has 1 aromatic heterocycles. The largest absolute Gasteiger partial charge is 0.493 e. The number of H-pyrrole nitrogens is 1. The predicted molar refractivity (Wildman–Crippen MR) is 107 cm³/mol. The van der Waals surface area contributed by atoms with Crippen LogP contribution in [0.1, 0.15) is 51.6 Å². The second-order valence-electron chi connectivity index (χ2n) is 7.46. The lowest BCUT2D eigenvalue weighted by molar-refractivity contribution is -0.121. The third kappa shape index (κ3) is 5.41. The van der Waals surface area contributed by atoms with E-state index in [0.717, 1.165) is 24.3 Å². The molecule has 0 unspecified atom stereocenters. The topological polar surface area (TPSA) is 97.0 Å². The molecule has 2 aromatic rings. The molecule has 150 valence electrons. The summed E-state index contributed by atoms with van der Waals surface area (Å²) >= 11 is 0. The third-order valence-electron chi connectivity index (χ3n) is 5.21. The standard InChI is InChI=1S/C21H28N4O3/c1-3-14(2)22-19(26)12-11-18-21(27)23-20(25-24-18)16-7-9-17(10-8-16)28-13-15-5-4-6-15/h7-10,14-15H,3-6,11-13H2,1-2H3,(H,22,26)(H,23,25,27)/t14-/m1/s1. The van der Waals surface area contributed by atoms with Crippen molar-refractivity contribution in [2.75, 3.05) is 6.61 Å². The molecule has 1 aromatic carbocycles. The summed E-state index contributed by atoms with van der Waals surface area (Å²) in [5.41, 5.74) is 0.719. The first-order valence-electron chi connectivity index (χ1n) is 10.0. The Bertz CT molecular complexity index is 843. The zero-order valence-electron chi connectivity index (χ0n) is 16.5. The average Bonchev–Trinajstić information content (AvgIpc) is 2.66. The lowest BCUT2D eigenvalue weighted by Crippen LogP contribution is -2.32. The number of carbonyl (C=O) groups is 1. The monoisotopic (exact) mass is 384 g/mol. The van der Waals surface area contributed by atoms with Crippen LogP contribution in [0.3, 0.4) is 0 Å². The predicted octanol–water partition coefficient (Wildman–Crippen LogP) is 2.86. The van der Waals surface area contributed by atoms with E-state index in [4.69, 9.17) is 4.74 Å². The lowest BCUT2D eigenvalue weighted by Gasteiger charge is -2.25. The van der Waals surface area contributed by atoms with Gasteiger partial charge in [-0.25, -0.2) is 0 Å². The number of aromatic amines is 1. The van der Waals surface area contributed by atoms with Crippen LogP contribution >= 0.6 is 0 Å². The minimum Gasteiger partial charge on any atom is -0.493 e. The van der Waals surface area contributed by atoms with Crippen LogP contribution in [0.4, 0.5) is 0 Å². The van der Waals surface area contributed by atoms with E-state index in [1.807, 2.05) is 38.1 Å². The molecule has 1 amide bonds. The van der Waals surface area contributed by atoms with Gasteiger partial charge < -0.3 is 15.0 Å². The SMILES string of the molecule is CC[C@@H](C)NC(=O)CCc1nnc(-c2ccc(OCC3CCC3)cc2)[nH]c1=O. The highest BCUT2D eigenvalue weighted by atomic mass is 16.5. The van der Waals surface area contributed by atoms with Crippen LogP contribution in [0.2, 0.25) is 0 Å². The summed E-state index contributed by atoms with van der Waals surface area (Å²) in [6.45, 7) is 4.71. The molecule has 7 nitrogen and oxygen atoms in total. The summed E-state index contributed by atoms with van der Waals surface area (Å²) in [6, 6.07) is 7.59. The molecule has 1 fully saturated rings. The van der Waals surface area contributed by atoms with Crippen LogP contribution in [-0.2, 0) is 11.2 Å². The molecule has 0 saturated heterocycles. The summed E-state index contributed by atoms with van der Waals surface area (Å²) in [5.74, 6) is 1.82. The van der Waals surface area contributed by atoms with Gasteiger partial charge in [-0.1, -0.05) is 13.3 Å². The molecule has 0 spiro atoms. The molecule has 0 radical (unpaired) electrons. The fourth-order valence-corrected chi connectivity index (χ4v) is 2.92. The highest BCUT2D eigenvalue weighted by molar-refractivity contribution is 5.76. The van der Waals surface area contributed by atoms with Crippen molar-refractivity contribution in [3.63, 3.8) is 0 Å². The van der Waals surface area contributed by atoms with Crippen LogP contribution in [0.15, 0.2) is 29.1 Å². The Morgan fingerprint density at radius 3 is 2.64 bits per heavy atom. The quantitative estimate of drug-likeness (QED) is 0.693. The van der Waals surface area contributed by atoms with E-state index >= 15 is 0 Å². The normalized spacial score (nSPS) is 14.9. The first kappa shape index (κ1) is 20.0. The van der Waals surface area contributed by atoms with Gasteiger partial charge in [0.2, 0.25) is 5.91 Å². The van der Waals surface area contributed by atoms with Crippen molar-refractivity contribution in [2.24, 2.45) is 5.92 Å². The summed E-state index contributed by atoms with van der Waals surface area (Å²) in [7, 11) is 0. The fraction of sp³-hybridized carbons (Fsp3) is 0.524. The van der Waals surface area contributed by atoms with E-state index in [-0.39, 0.29) is 36.0 Å². The van der Waals surface area contributed by atoms with Crippen LogP contribution in [0.25, 0.3) is 11.4 Å². The third-order valence-corrected chi connectivity index (χ3v) is 5.21. The van der Waals surface area contributed by atoms with E-state index in [1.54, 1.807) is 0 Å². The number of carbonyl (C=O) groups excluding carboxylic acids is 1. The number of nitrogens with zero attached hydrogens (tertiary/aromatic N) is 2. The van der Waals surface area contributed by atoms with Gasteiger partial charge in [0, 0.05) is 24.4 Å². The van der Waals surface area contributed by atoms with Crippen LogP contribution in [0, 0.1) is 5.92 Å². The van der Waals surface area contributed by atoms with Gasteiger partial charge in [0.05, 0.1) is 6.61 Å². The van der Waals surface area contributed by atoms with E-state index < -0.39 is 0 Å². The number of nitrogens with one attached hydrogen (secondary N) is 2. The smallest absolute Gasteiger partial charge is 0.273 e. The first-order valence-corrected chi connectivity index (χ1v) is 10.0. The lowest BCUT2D eigenvalue weighted by atomic mass is 9.86. The molecular formula is C21H28N4O3. The van der Waals surface area contributed by atoms with Crippen molar-refractivity contribution in [3.05, 3.63) is 40.3 Å². The van der Waals surface area contributed by atoms with Gasteiger partial charge >= 0.3 is 0 Å². The van der Waals surface area contributed by atoms with E-state index in [9.17, 15) is 9.59 Å². The molecule has 2 N–H and O–H groups in total. The van der Waals surface area contributed by atoms with Crippen molar-refractivity contribution in [1.29, 1.82) is 0 Å². The fourth-order valence-electron chi connectivity index (χ4n) is 2.92. The second-order valence-corrected chi connectivity index (χ2v) is 7.46. The van der Waals surface area contributed by atoms with E-state index in [1.165, 1.54) is 19.3 Å². The Morgan fingerprint density at radius 2 is 2.04 bits per heavy atom. The molecule has 1 heterocycles. The van der Waals surface area contributed by atoms with Gasteiger partial charge in [-0.3, -0.25) is 9.59 Å². The minimum atomic E-state index is -0.313. The maximum atomic E-state index is 12.3. The number of ether oxygens (including phenoxy) is 1. The van der Waals surface area contributed by atoms with Crippen molar-refractivity contribution in [2.45, 2.75) is 58.4 Å². The van der Waals surface area contributed by atoms with Crippen molar-refractivity contribution in [3.8, 4) is 17.1 Å². The Balaban J connectivity index is 1.57. The van der Waals surface area contributed by atoms with Gasteiger partial charge in [0.1, 0.15) is 11.4 Å². The maximum Gasteiger partial charge on any atom is 0.273 e. The zero-order valence-corrected chi connectivity index (χ0v) is 16.5. The van der Waals surface area contributed by atoms with Gasteiger partial charge in [0.15, 0.2) is 5.82 Å². The molecular weight excluding hydrogens is 356 g/mol. The van der Waals surface area contributed by atoms with Gasteiger partial charge in [-0.2, -0.15) is 0 Å². The molecule has 1 atom stereocenters. The number of hydrogen-bond donors (Lipinski definition) is 2. The minimum absolute atomic E-state index is 0.0860. The number of amides is 1. The van der Waals surface area contributed by atoms with E-state index in [2.05, 4.69) is 20.5 Å². The maximum absolute atomic E-state index is 12.3. The molecule has 0 aliphatic heterocycles. The Morgan fingerprint density at radius 1 is 1.29 bits per heavy atom. The Hall–Kier alpha value is -2.70. The summed E-state index contributed by atoms with van der Waals surface area (Å²) in [4.78, 5) is 26.9. The summed E-state index contributed by atoms with van der Waals surface area (Å²) in [6.07, 6.45) is 5.15. The van der Waals surface area contributed by atoms with Crippen molar-refractivity contribution < 1.29 is 9.53 Å². The second kappa shape index (κ2) is 9.48. The van der Waals surface area contributed by atoms with Gasteiger partial charge in [-0.15, -0.1) is 10.2 Å². The number of rotatable bonds is 9. The van der Waals surface area contributed by atoms with E-state index in [0.29, 0.717) is 11.7 Å². The van der Waals surface area contributed by atoms with Gasteiger partial charge in [-0.05, 0) is 56.4 Å². The number of hydrogen-bond acceptors (Lipinski definition) is 5. The molecule has 1 aliphatic carbocycles. The first-order chi connectivity index (χ1) is 13.5. The number of aromatic nitrogens is 3. The molecule has 7 heteroatoms. The number of benzene rings is 1. The summed E-state index contributed by atoms with van der Waals surface area (Å²) in [5, 5.41) is 11.0. The van der Waals surface area contributed by atoms with Crippen LogP contribution < -0.4 is 15.6 Å². The molecule has 28 heavy (non-hydrogen) atoms. The molecule has 0 bridgehead atoms. The average molecular weight is 384 g/mol. The van der Waals surface area contributed by atoms with Gasteiger partial charge in [0.25, 0.3) is 5.56 Å².